The number of methoxy groups -OCH3 is 2. The third-order valence-corrected chi connectivity index (χ3v) is 4.05. The third-order valence-electron chi connectivity index (χ3n) is 4.05. The molecule has 2 heterocycles. The van der Waals surface area contributed by atoms with Gasteiger partial charge in [-0.25, -0.2) is 0 Å². The summed E-state index contributed by atoms with van der Waals surface area (Å²) in [6.07, 6.45) is 0.114. The van der Waals surface area contributed by atoms with Gasteiger partial charge in [0.15, 0.2) is 5.82 Å². The van der Waals surface area contributed by atoms with Gasteiger partial charge in [0.25, 0.3) is 0 Å². The lowest BCUT2D eigenvalue weighted by molar-refractivity contribution is -0.122. The molecule has 1 aliphatic heterocycles. The lowest BCUT2D eigenvalue weighted by atomic mass is 10.1. The van der Waals surface area contributed by atoms with Crippen LogP contribution in [0.4, 0.5) is 11.5 Å². The van der Waals surface area contributed by atoms with Crippen LogP contribution in [0.3, 0.4) is 0 Å². The average Bonchev–Trinajstić information content (AvgIpc) is 3.19. The molecule has 3 rings (SSSR count). The molecule has 132 valence electrons. The molecule has 1 unspecified atom stereocenters. The first kappa shape index (κ1) is 16.8. The highest BCUT2D eigenvalue weighted by atomic mass is 16.5. The molecule has 1 aliphatic rings. The highest BCUT2D eigenvalue weighted by molar-refractivity contribution is 6.04. The minimum Gasteiger partial charge on any atom is -0.497 e. The Balaban J connectivity index is 1.77. The van der Waals surface area contributed by atoms with Crippen molar-refractivity contribution in [3.63, 3.8) is 0 Å². The topological polar surface area (TPSA) is 93.9 Å². The quantitative estimate of drug-likeness (QED) is 0.891. The number of nitrogens with zero attached hydrogens (tertiary/aromatic N) is 2. The number of carbonyl (C=O) groups excluding carboxylic acids is 2. The number of aryl methyl sites for hydroxylation is 1. The first-order chi connectivity index (χ1) is 12.0. The largest absolute Gasteiger partial charge is 0.497 e. The van der Waals surface area contributed by atoms with Gasteiger partial charge in [-0.15, -0.1) is 0 Å². The molecule has 1 aromatic carbocycles. The maximum Gasteiger partial charge on any atom is 0.231 e. The third kappa shape index (κ3) is 3.42. The highest BCUT2D eigenvalue weighted by Gasteiger charge is 2.36. The van der Waals surface area contributed by atoms with E-state index in [4.69, 9.17) is 14.0 Å². The molecule has 25 heavy (non-hydrogen) atoms. The van der Waals surface area contributed by atoms with E-state index in [-0.39, 0.29) is 24.8 Å². The molecule has 0 saturated carbocycles. The van der Waals surface area contributed by atoms with Crippen LogP contribution in [0, 0.1) is 12.8 Å². The summed E-state index contributed by atoms with van der Waals surface area (Å²) in [7, 11) is 3.08. The van der Waals surface area contributed by atoms with Crippen molar-refractivity contribution in [1.29, 1.82) is 0 Å². The molecule has 1 fully saturated rings. The standard InChI is InChI=1S/C17H19N3O5/c1-10-6-15(19-25-10)18-17(22)11-7-16(21)20(9-11)13-8-12(23-2)4-5-14(13)24-3/h4-6,8,11H,7,9H2,1-3H3,(H,18,19,22). The number of amides is 2. The summed E-state index contributed by atoms with van der Waals surface area (Å²) < 4.78 is 15.5. The Labute approximate surface area is 144 Å². The fourth-order valence-corrected chi connectivity index (χ4v) is 2.78. The first-order valence-corrected chi connectivity index (χ1v) is 7.78. The van der Waals surface area contributed by atoms with E-state index >= 15 is 0 Å². The Morgan fingerprint density at radius 3 is 2.76 bits per heavy atom. The number of hydrogen-bond acceptors (Lipinski definition) is 6. The molecule has 0 aliphatic carbocycles. The van der Waals surface area contributed by atoms with Crippen molar-refractivity contribution in [2.24, 2.45) is 5.92 Å². The van der Waals surface area contributed by atoms with E-state index in [9.17, 15) is 9.59 Å². The predicted molar refractivity (Wildman–Crippen MR) is 89.9 cm³/mol. The molecule has 2 aromatic rings. The molecule has 1 atom stereocenters. The Kier molecular flexibility index (Phi) is 4.60. The maximum absolute atomic E-state index is 12.4. The van der Waals surface area contributed by atoms with Crippen LogP contribution in [0.1, 0.15) is 12.2 Å². The minimum absolute atomic E-state index is 0.114. The molecular weight excluding hydrogens is 326 g/mol. The monoisotopic (exact) mass is 345 g/mol. The van der Waals surface area contributed by atoms with Gasteiger partial charge >= 0.3 is 0 Å². The molecule has 1 saturated heterocycles. The molecule has 1 N–H and O–H groups in total. The van der Waals surface area contributed by atoms with Gasteiger partial charge < -0.3 is 24.2 Å². The summed E-state index contributed by atoms with van der Waals surface area (Å²) in [5.74, 6) is 1.18. The van der Waals surface area contributed by atoms with E-state index < -0.39 is 5.92 Å². The van der Waals surface area contributed by atoms with Crippen molar-refractivity contribution in [2.45, 2.75) is 13.3 Å². The number of nitrogens with one attached hydrogen (secondary N) is 1. The summed E-state index contributed by atoms with van der Waals surface area (Å²) in [4.78, 5) is 26.4. The van der Waals surface area contributed by atoms with Gasteiger partial charge in [-0.1, -0.05) is 5.16 Å². The van der Waals surface area contributed by atoms with Crippen LogP contribution in [-0.4, -0.2) is 37.7 Å². The van der Waals surface area contributed by atoms with Crippen LogP contribution in [-0.2, 0) is 9.59 Å². The van der Waals surface area contributed by atoms with Crippen LogP contribution in [0.5, 0.6) is 11.5 Å². The van der Waals surface area contributed by atoms with Crippen LogP contribution in [0.15, 0.2) is 28.8 Å². The Morgan fingerprint density at radius 2 is 2.12 bits per heavy atom. The van der Waals surface area contributed by atoms with Gasteiger partial charge in [0, 0.05) is 25.1 Å². The maximum atomic E-state index is 12.4. The lowest BCUT2D eigenvalue weighted by Gasteiger charge is -2.20. The second-order valence-corrected chi connectivity index (χ2v) is 5.76. The average molecular weight is 345 g/mol. The molecule has 0 spiro atoms. The molecule has 1 aromatic heterocycles. The van der Waals surface area contributed by atoms with Crippen LogP contribution < -0.4 is 19.7 Å². The number of hydrogen-bond donors (Lipinski definition) is 1. The summed E-state index contributed by atoms with van der Waals surface area (Å²) in [5, 5.41) is 6.40. The Morgan fingerprint density at radius 1 is 1.32 bits per heavy atom. The fourth-order valence-electron chi connectivity index (χ4n) is 2.78. The number of aromatic nitrogens is 1. The predicted octanol–water partition coefficient (Wildman–Crippen LogP) is 1.99. The molecule has 0 bridgehead atoms. The van der Waals surface area contributed by atoms with Gasteiger partial charge in [-0.3, -0.25) is 9.59 Å². The number of carbonyl (C=O) groups is 2. The van der Waals surface area contributed by atoms with E-state index in [1.807, 2.05) is 0 Å². The van der Waals surface area contributed by atoms with E-state index in [2.05, 4.69) is 10.5 Å². The van der Waals surface area contributed by atoms with E-state index in [0.717, 1.165) is 0 Å². The van der Waals surface area contributed by atoms with Crippen molar-refractivity contribution in [2.75, 3.05) is 31.0 Å². The van der Waals surface area contributed by atoms with Gasteiger partial charge in [-0.05, 0) is 19.1 Å². The smallest absolute Gasteiger partial charge is 0.231 e. The van der Waals surface area contributed by atoms with E-state index in [0.29, 0.717) is 28.8 Å². The SMILES string of the molecule is COc1ccc(OC)c(N2CC(C(=O)Nc3cc(C)on3)CC2=O)c1. The van der Waals surface area contributed by atoms with Gasteiger partial charge in [0.2, 0.25) is 11.8 Å². The zero-order valence-corrected chi connectivity index (χ0v) is 14.2. The summed E-state index contributed by atoms with van der Waals surface area (Å²) in [5.41, 5.74) is 0.583. The van der Waals surface area contributed by atoms with E-state index in [1.54, 1.807) is 43.2 Å². The molecule has 2 amide bonds. The van der Waals surface area contributed by atoms with Gasteiger partial charge in [-0.2, -0.15) is 0 Å². The van der Waals surface area contributed by atoms with Gasteiger partial charge in [0.05, 0.1) is 25.8 Å². The fraction of sp³-hybridized carbons (Fsp3) is 0.353. The number of ether oxygens (including phenoxy) is 2. The molecule has 8 heteroatoms. The minimum atomic E-state index is -0.486. The second-order valence-electron chi connectivity index (χ2n) is 5.76. The van der Waals surface area contributed by atoms with Crippen LogP contribution in [0.2, 0.25) is 0 Å². The van der Waals surface area contributed by atoms with E-state index in [1.165, 1.54) is 7.11 Å². The number of rotatable bonds is 5. The summed E-state index contributed by atoms with van der Waals surface area (Å²) in [6, 6.07) is 6.82. The van der Waals surface area contributed by atoms with Crippen molar-refractivity contribution < 1.29 is 23.6 Å². The van der Waals surface area contributed by atoms with Crippen molar-refractivity contribution in [3.05, 3.63) is 30.0 Å². The zero-order valence-electron chi connectivity index (χ0n) is 14.2. The van der Waals surface area contributed by atoms with Crippen LogP contribution >= 0.6 is 0 Å². The summed E-state index contributed by atoms with van der Waals surface area (Å²) in [6.45, 7) is 1.99. The van der Waals surface area contributed by atoms with Crippen LogP contribution in [0.25, 0.3) is 0 Å². The first-order valence-electron chi connectivity index (χ1n) is 7.78. The lowest BCUT2D eigenvalue weighted by Crippen LogP contribution is -2.28. The number of benzene rings is 1. The molecular formula is C17H19N3O5. The zero-order chi connectivity index (χ0) is 18.0. The molecule has 8 nitrogen and oxygen atoms in total. The highest BCUT2D eigenvalue weighted by Crippen LogP contribution is 2.36. The second kappa shape index (κ2) is 6.84. The normalized spacial score (nSPS) is 16.8. The van der Waals surface area contributed by atoms with Gasteiger partial charge in [0.1, 0.15) is 17.3 Å². The number of anilines is 2. The Hall–Kier alpha value is -3.03. The van der Waals surface area contributed by atoms with Crippen molar-refractivity contribution in [3.8, 4) is 11.5 Å². The summed E-state index contributed by atoms with van der Waals surface area (Å²) >= 11 is 0. The van der Waals surface area contributed by atoms with Crippen molar-refractivity contribution in [1.82, 2.24) is 5.16 Å². The molecule has 0 radical (unpaired) electrons. The van der Waals surface area contributed by atoms with Crippen molar-refractivity contribution >= 4 is 23.3 Å². The Bertz CT molecular complexity index is 801.